The maximum absolute atomic E-state index is 9.67. The summed E-state index contributed by atoms with van der Waals surface area (Å²) in [6.45, 7) is 3.54. The molecule has 0 fully saturated rings. The zero-order valence-electron chi connectivity index (χ0n) is 7.53. The molecule has 0 aliphatic heterocycles. The molecule has 0 saturated carbocycles. The third-order valence-electron chi connectivity index (χ3n) is 1.65. The summed E-state index contributed by atoms with van der Waals surface area (Å²) < 4.78 is 0. The first-order valence-corrected chi connectivity index (χ1v) is 4.99. The lowest BCUT2D eigenvalue weighted by Gasteiger charge is -2.17. The van der Waals surface area contributed by atoms with Crippen LogP contribution in [0.1, 0.15) is 19.4 Å². The van der Waals surface area contributed by atoms with Gasteiger partial charge in [-0.1, -0.05) is 0 Å². The summed E-state index contributed by atoms with van der Waals surface area (Å²) in [5, 5.41) is 10.6. The molecule has 1 rings (SSSR count). The van der Waals surface area contributed by atoms with Gasteiger partial charge < -0.3 is 5.11 Å². The number of hydrogen-bond donors (Lipinski definition) is 1. The van der Waals surface area contributed by atoms with Crippen molar-refractivity contribution in [2.45, 2.75) is 24.5 Å². The highest BCUT2D eigenvalue weighted by Gasteiger charge is 2.15. The van der Waals surface area contributed by atoms with Crippen molar-refractivity contribution in [3.05, 3.63) is 23.9 Å². The minimum atomic E-state index is -0.770. The van der Waals surface area contributed by atoms with Gasteiger partial charge in [0.05, 0.1) is 10.6 Å². The summed E-state index contributed by atoms with van der Waals surface area (Å²) in [7, 11) is 0. The Morgan fingerprint density at radius 1 is 1.50 bits per heavy atom. The molecule has 3 heteroatoms. The van der Waals surface area contributed by atoms with Gasteiger partial charge in [-0.25, -0.2) is 4.98 Å². The van der Waals surface area contributed by atoms with Crippen LogP contribution in [0.3, 0.4) is 0 Å². The lowest BCUT2D eigenvalue weighted by molar-refractivity contribution is 0.0782. The van der Waals surface area contributed by atoms with Crippen LogP contribution in [0.5, 0.6) is 0 Å². The van der Waals surface area contributed by atoms with E-state index in [9.17, 15) is 5.11 Å². The Balaban J connectivity index is 3.02. The Hall–Kier alpha value is -0.540. The molecule has 66 valence electrons. The molecule has 0 radical (unpaired) electrons. The third kappa shape index (κ3) is 2.22. The van der Waals surface area contributed by atoms with Crippen molar-refractivity contribution in [1.29, 1.82) is 0 Å². The Morgan fingerprint density at radius 3 is 2.67 bits per heavy atom. The number of thioether (sulfide) groups is 1. The van der Waals surface area contributed by atoms with E-state index in [2.05, 4.69) is 4.98 Å². The predicted octanol–water partition coefficient (Wildman–Crippen LogP) is 2.03. The second kappa shape index (κ2) is 3.46. The number of aliphatic hydroxyl groups is 1. The van der Waals surface area contributed by atoms with Crippen molar-refractivity contribution in [3.8, 4) is 0 Å². The van der Waals surface area contributed by atoms with Crippen LogP contribution in [0, 0.1) is 0 Å². The summed E-state index contributed by atoms with van der Waals surface area (Å²) >= 11 is 1.58. The molecule has 0 spiro atoms. The van der Waals surface area contributed by atoms with Crippen LogP contribution in [0.2, 0.25) is 0 Å². The molecule has 1 aromatic rings. The molecule has 0 aliphatic rings. The van der Waals surface area contributed by atoms with Gasteiger partial charge in [0.15, 0.2) is 0 Å². The van der Waals surface area contributed by atoms with E-state index in [0.29, 0.717) is 0 Å². The highest BCUT2D eigenvalue weighted by molar-refractivity contribution is 7.98. The lowest BCUT2D eigenvalue weighted by atomic mass is 10.0. The minimum Gasteiger partial charge on any atom is -0.386 e. The van der Waals surface area contributed by atoms with Crippen molar-refractivity contribution in [2.75, 3.05) is 6.26 Å². The van der Waals surface area contributed by atoms with Crippen molar-refractivity contribution < 1.29 is 5.11 Å². The van der Waals surface area contributed by atoms with Crippen LogP contribution in [0.25, 0.3) is 0 Å². The highest BCUT2D eigenvalue weighted by Crippen LogP contribution is 2.22. The van der Waals surface area contributed by atoms with Crippen LogP contribution in [0.4, 0.5) is 0 Å². The topological polar surface area (TPSA) is 33.1 Å². The summed E-state index contributed by atoms with van der Waals surface area (Å²) in [5.74, 6) is 0. The van der Waals surface area contributed by atoms with Gasteiger partial charge in [-0.3, -0.25) is 0 Å². The summed E-state index contributed by atoms with van der Waals surface area (Å²) in [4.78, 5) is 4.12. The number of aromatic nitrogens is 1. The Kier molecular flexibility index (Phi) is 2.75. The van der Waals surface area contributed by atoms with Crippen LogP contribution in [-0.2, 0) is 5.60 Å². The van der Waals surface area contributed by atoms with Crippen molar-refractivity contribution >= 4 is 11.8 Å². The summed E-state index contributed by atoms with van der Waals surface area (Å²) in [5.41, 5.74) is 0.134. The first kappa shape index (κ1) is 9.55. The Labute approximate surface area is 77.0 Å². The molecule has 0 bridgehead atoms. The summed E-state index contributed by atoms with van der Waals surface area (Å²) in [6, 6.07) is 3.74. The van der Waals surface area contributed by atoms with E-state index >= 15 is 0 Å². The molecule has 12 heavy (non-hydrogen) atoms. The van der Waals surface area contributed by atoms with Gasteiger partial charge in [0.2, 0.25) is 0 Å². The predicted molar refractivity (Wildman–Crippen MR) is 51.3 cm³/mol. The normalized spacial score (nSPS) is 11.7. The SMILES string of the molecule is CSc1cc(C(C)(C)O)ccn1. The molecule has 1 aromatic heterocycles. The zero-order chi connectivity index (χ0) is 9.19. The average molecular weight is 183 g/mol. The molecule has 1 N–H and O–H groups in total. The van der Waals surface area contributed by atoms with E-state index < -0.39 is 5.60 Å². The third-order valence-corrected chi connectivity index (χ3v) is 2.29. The van der Waals surface area contributed by atoms with Gasteiger partial charge in [0.25, 0.3) is 0 Å². The first-order chi connectivity index (χ1) is 5.54. The molecule has 0 amide bonds. The monoisotopic (exact) mass is 183 g/mol. The van der Waals surface area contributed by atoms with Crippen molar-refractivity contribution in [3.63, 3.8) is 0 Å². The zero-order valence-corrected chi connectivity index (χ0v) is 8.35. The molecular weight excluding hydrogens is 170 g/mol. The smallest absolute Gasteiger partial charge is 0.0960 e. The van der Waals surface area contributed by atoms with Gasteiger partial charge in [-0.15, -0.1) is 11.8 Å². The standard InChI is InChI=1S/C9H13NOS/c1-9(2,11)7-4-5-10-8(6-7)12-3/h4-6,11H,1-3H3. The Morgan fingerprint density at radius 2 is 2.17 bits per heavy atom. The molecule has 0 aromatic carbocycles. The summed E-state index contributed by atoms with van der Waals surface area (Å²) in [6.07, 6.45) is 3.69. The van der Waals surface area contributed by atoms with Crippen LogP contribution in [0.15, 0.2) is 23.4 Å². The van der Waals surface area contributed by atoms with Gasteiger partial charge >= 0.3 is 0 Å². The number of hydrogen-bond acceptors (Lipinski definition) is 3. The quantitative estimate of drug-likeness (QED) is 0.712. The molecule has 1 heterocycles. The van der Waals surface area contributed by atoms with E-state index in [1.165, 1.54) is 0 Å². The van der Waals surface area contributed by atoms with E-state index in [0.717, 1.165) is 10.6 Å². The van der Waals surface area contributed by atoms with E-state index in [1.807, 2.05) is 18.4 Å². The highest BCUT2D eigenvalue weighted by atomic mass is 32.2. The maximum atomic E-state index is 9.67. The van der Waals surface area contributed by atoms with Crippen molar-refractivity contribution in [2.24, 2.45) is 0 Å². The van der Waals surface area contributed by atoms with Crippen LogP contribution in [-0.4, -0.2) is 16.3 Å². The van der Waals surface area contributed by atoms with Gasteiger partial charge in [0.1, 0.15) is 0 Å². The fourth-order valence-electron chi connectivity index (χ4n) is 0.902. The molecule has 2 nitrogen and oxygen atoms in total. The second-order valence-corrected chi connectivity index (χ2v) is 3.97. The van der Waals surface area contributed by atoms with Crippen molar-refractivity contribution in [1.82, 2.24) is 4.98 Å². The Bertz CT molecular complexity index is 267. The van der Waals surface area contributed by atoms with Gasteiger partial charge in [-0.05, 0) is 37.8 Å². The molecule has 0 atom stereocenters. The van der Waals surface area contributed by atoms with Crippen LogP contribution >= 0.6 is 11.8 Å². The second-order valence-electron chi connectivity index (χ2n) is 3.15. The number of pyridine rings is 1. The van der Waals surface area contributed by atoms with Crippen LogP contribution < -0.4 is 0 Å². The maximum Gasteiger partial charge on any atom is 0.0960 e. The molecule has 0 saturated heterocycles. The number of rotatable bonds is 2. The fraction of sp³-hybridized carbons (Fsp3) is 0.444. The molecular formula is C9H13NOS. The minimum absolute atomic E-state index is 0.770. The van der Waals surface area contributed by atoms with Gasteiger partial charge in [0, 0.05) is 6.20 Å². The lowest BCUT2D eigenvalue weighted by Crippen LogP contribution is -2.15. The van der Waals surface area contributed by atoms with E-state index in [1.54, 1.807) is 31.8 Å². The number of nitrogens with zero attached hydrogens (tertiary/aromatic N) is 1. The first-order valence-electron chi connectivity index (χ1n) is 3.77. The largest absolute Gasteiger partial charge is 0.386 e. The molecule has 0 unspecified atom stereocenters. The average Bonchev–Trinajstić information content (AvgIpc) is 2.03. The fourth-order valence-corrected chi connectivity index (χ4v) is 1.31. The van der Waals surface area contributed by atoms with Gasteiger partial charge in [-0.2, -0.15) is 0 Å². The van der Waals surface area contributed by atoms with E-state index in [4.69, 9.17) is 0 Å². The molecule has 0 aliphatic carbocycles. The van der Waals surface area contributed by atoms with E-state index in [-0.39, 0.29) is 0 Å².